The first-order chi connectivity index (χ1) is 9.40. The van der Waals surface area contributed by atoms with Gasteiger partial charge in [-0.2, -0.15) is 0 Å². The van der Waals surface area contributed by atoms with Crippen molar-refractivity contribution in [1.29, 1.82) is 0 Å². The highest BCUT2D eigenvalue weighted by atomic mass is 35.5. The number of rotatable bonds is 6. The number of hydrogen-bond acceptors (Lipinski definition) is 2. The Morgan fingerprint density at radius 1 is 1.25 bits per heavy atom. The molecule has 3 nitrogen and oxygen atoms in total. The molecule has 0 radical (unpaired) electrons. The molecule has 0 aromatic heterocycles. The maximum Gasteiger partial charge on any atom is 0.239 e. The molecule has 0 aliphatic carbocycles. The molecule has 1 N–H and O–H groups in total. The molecule has 0 aliphatic heterocycles. The van der Waals surface area contributed by atoms with Crippen molar-refractivity contribution in [3.63, 3.8) is 0 Å². The third-order valence-electron chi connectivity index (χ3n) is 3.37. The minimum Gasteiger partial charge on any atom is -0.342 e. The zero-order valence-corrected chi connectivity index (χ0v) is 13.9. The average molecular weight is 317 g/mol. The van der Waals surface area contributed by atoms with Crippen LogP contribution in [-0.4, -0.2) is 29.9 Å². The van der Waals surface area contributed by atoms with Crippen molar-refractivity contribution in [3.05, 3.63) is 33.8 Å². The number of nitrogens with one attached hydrogen (secondary N) is 1. The van der Waals surface area contributed by atoms with E-state index in [1.165, 1.54) is 0 Å². The molecule has 1 aromatic carbocycles. The number of halogens is 2. The maximum absolute atomic E-state index is 12.2. The van der Waals surface area contributed by atoms with E-state index in [-0.39, 0.29) is 18.0 Å². The minimum absolute atomic E-state index is 0.0192. The van der Waals surface area contributed by atoms with Crippen LogP contribution in [0.3, 0.4) is 0 Å². The van der Waals surface area contributed by atoms with Gasteiger partial charge in [0.1, 0.15) is 0 Å². The summed E-state index contributed by atoms with van der Waals surface area (Å²) in [5, 5.41) is 4.51. The predicted octanol–water partition coefficient (Wildman–Crippen LogP) is 3.90. The predicted molar refractivity (Wildman–Crippen MR) is 85.4 cm³/mol. The summed E-state index contributed by atoms with van der Waals surface area (Å²) in [5.74, 6) is 0.104. The van der Waals surface area contributed by atoms with Crippen molar-refractivity contribution in [2.45, 2.75) is 39.8 Å². The molecule has 0 bridgehead atoms. The summed E-state index contributed by atoms with van der Waals surface area (Å²) in [7, 11) is 0. The first-order valence-corrected chi connectivity index (χ1v) is 7.66. The van der Waals surface area contributed by atoms with Crippen LogP contribution in [0.5, 0.6) is 0 Å². The van der Waals surface area contributed by atoms with Gasteiger partial charge in [-0.3, -0.25) is 10.1 Å². The number of benzene rings is 1. The van der Waals surface area contributed by atoms with Gasteiger partial charge in [-0.1, -0.05) is 29.3 Å². The highest BCUT2D eigenvalue weighted by Gasteiger charge is 2.21. The van der Waals surface area contributed by atoms with E-state index in [1.807, 2.05) is 38.7 Å². The van der Waals surface area contributed by atoms with Gasteiger partial charge in [-0.15, -0.1) is 0 Å². The minimum atomic E-state index is -0.253. The van der Waals surface area contributed by atoms with Gasteiger partial charge >= 0.3 is 0 Å². The fourth-order valence-electron chi connectivity index (χ4n) is 2.20. The summed E-state index contributed by atoms with van der Waals surface area (Å²) in [4.78, 5) is 14.0. The molecule has 0 saturated carbocycles. The third kappa shape index (κ3) is 4.37. The molecular weight excluding hydrogens is 295 g/mol. The lowest BCUT2D eigenvalue weighted by molar-refractivity contribution is -0.132. The number of nitrogens with zero attached hydrogens (tertiary/aromatic N) is 1. The molecule has 20 heavy (non-hydrogen) atoms. The molecule has 5 heteroatoms. The van der Waals surface area contributed by atoms with Gasteiger partial charge in [0.15, 0.2) is 0 Å². The second-order valence-corrected chi connectivity index (χ2v) is 5.63. The van der Waals surface area contributed by atoms with Crippen molar-refractivity contribution in [1.82, 2.24) is 10.2 Å². The third-order valence-corrected chi connectivity index (χ3v) is 3.94. The van der Waals surface area contributed by atoms with Crippen LogP contribution in [0.15, 0.2) is 18.2 Å². The summed E-state index contributed by atoms with van der Waals surface area (Å²) in [6.45, 7) is 9.26. The van der Waals surface area contributed by atoms with Crippen LogP contribution in [0.4, 0.5) is 0 Å². The van der Waals surface area contributed by atoms with Crippen LogP contribution in [0.25, 0.3) is 0 Å². The van der Waals surface area contributed by atoms with E-state index >= 15 is 0 Å². The lowest BCUT2D eigenvalue weighted by Crippen LogP contribution is -2.45. The number of amides is 1. The summed E-state index contributed by atoms with van der Waals surface area (Å²) >= 11 is 12.1. The highest BCUT2D eigenvalue weighted by Crippen LogP contribution is 2.26. The molecule has 1 amide bonds. The summed E-state index contributed by atoms with van der Waals surface area (Å²) < 4.78 is 0. The van der Waals surface area contributed by atoms with E-state index in [9.17, 15) is 4.79 Å². The van der Waals surface area contributed by atoms with Crippen molar-refractivity contribution in [3.8, 4) is 0 Å². The fraction of sp³-hybridized carbons (Fsp3) is 0.533. The topological polar surface area (TPSA) is 32.3 Å². The van der Waals surface area contributed by atoms with Gasteiger partial charge in [-0.25, -0.2) is 0 Å². The second-order valence-electron chi connectivity index (χ2n) is 4.79. The zero-order valence-electron chi connectivity index (χ0n) is 12.4. The van der Waals surface area contributed by atoms with Crippen molar-refractivity contribution >= 4 is 29.1 Å². The molecule has 2 atom stereocenters. The number of hydrogen-bond donors (Lipinski definition) is 1. The van der Waals surface area contributed by atoms with Crippen LogP contribution < -0.4 is 5.32 Å². The largest absolute Gasteiger partial charge is 0.342 e. The lowest BCUT2D eigenvalue weighted by atomic mass is 10.1. The molecule has 0 fully saturated rings. The summed E-state index contributed by atoms with van der Waals surface area (Å²) in [5.41, 5.74) is 0.940. The number of likely N-dealkylation sites (N-methyl/N-ethyl adjacent to an activating group) is 1. The van der Waals surface area contributed by atoms with Gasteiger partial charge in [0.25, 0.3) is 0 Å². The molecule has 0 aliphatic rings. The lowest BCUT2D eigenvalue weighted by Gasteiger charge is -2.26. The van der Waals surface area contributed by atoms with Crippen LogP contribution >= 0.6 is 23.2 Å². The van der Waals surface area contributed by atoms with Crippen molar-refractivity contribution in [2.24, 2.45) is 0 Å². The first-order valence-electron chi connectivity index (χ1n) is 6.90. The molecule has 0 spiro atoms. The van der Waals surface area contributed by atoms with E-state index in [4.69, 9.17) is 23.2 Å². The Hall–Kier alpha value is -0.770. The van der Waals surface area contributed by atoms with Crippen LogP contribution in [-0.2, 0) is 4.79 Å². The van der Waals surface area contributed by atoms with E-state index in [0.717, 1.165) is 18.7 Å². The Bertz CT molecular complexity index is 461. The van der Waals surface area contributed by atoms with Gasteiger partial charge < -0.3 is 4.90 Å². The number of carbonyl (C=O) groups excluding carboxylic acids is 1. The molecule has 112 valence electrons. The van der Waals surface area contributed by atoms with Crippen molar-refractivity contribution in [2.75, 3.05) is 13.1 Å². The maximum atomic E-state index is 12.2. The Labute approximate surface area is 131 Å². The van der Waals surface area contributed by atoms with Crippen LogP contribution in [0.1, 0.15) is 39.3 Å². The monoisotopic (exact) mass is 316 g/mol. The highest BCUT2D eigenvalue weighted by molar-refractivity contribution is 6.35. The van der Waals surface area contributed by atoms with Crippen molar-refractivity contribution < 1.29 is 4.79 Å². The number of carbonyl (C=O) groups is 1. The normalized spacial score (nSPS) is 13.9. The first kappa shape index (κ1) is 17.3. The smallest absolute Gasteiger partial charge is 0.239 e. The summed E-state index contributed by atoms with van der Waals surface area (Å²) in [6, 6.07) is 5.13. The molecule has 2 unspecified atom stereocenters. The Morgan fingerprint density at radius 3 is 2.35 bits per heavy atom. The molecular formula is C15H22Cl2N2O. The molecule has 1 rings (SSSR count). The fourth-order valence-corrected chi connectivity index (χ4v) is 2.77. The van der Waals surface area contributed by atoms with E-state index in [0.29, 0.717) is 10.0 Å². The Morgan fingerprint density at radius 2 is 1.85 bits per heavy atom. The standard InChI is InChI=1S/C15H22Cl2N2O/c1-5-19(6-2)15(20)11(4)18-10(3)13-8-7-12(16)9-14(13)17/h7-11,18H,5-6H2,1-4H3. The van der Waals surface area contributed by atoms with Crippen LogP contribution in [0.2, 0.25) is 10.0 Å². The quantitative estimate of drug-likeness (QED) is 0.863. The van der Waals surface area contributed by atoms with Gasteiger partial charge in [0.05, 0.1) is 6.04 Å². The molecule has 0 saturated heterocycles. The van der Waals surface area contributed by atoms with E-state index in [1.54, 1.807) is 12.1 Å². The second kappa shape index (κ2) is 7.87. The Kier molecular flexibility index (Phi) is 6.80. The van der Waals surface area contributed by atoms with Gasteiger partial charge in [0.2, 0.25) is 5.91 Å². The molecule has 1 aromatic rings. The average Bonchev–Trinajstić information content (AvgIpc) is 2.39. The SMILES string of the molecule is CCN(CC)C(=O)C(C)NC(C)c1ccc(Cl)cc1Cl. The van der Waals surface area contributed by atoms with Crippen LogP contribution in [0, 0.1) is 0 Å². The Balaban J connectivity index is 2.74. The molecule has 0 heterocycles. The van der Waals surface area contributed by atoms with Gasteiger partial charge in [0, 0.05) is 29.2 Å². The van der Waals surface area contributed by atoms with Gasteiger partial charge in [-0.05, 0) is 45.4 Å². The van der Waals surface area contributed by atoms with E-state index < -0.39 is 0 Å². The zero-order chi connectivity index (χ0) is 15.3. The summed E-state index contributed by atoms with van der Waals surface area (Å²) in [6.07, 6.45) is 0. The van der Waals surface area contributed by atoms with E-state index in [2.05, 4.69) is 5.32 Å².